The SMILES string of the molecule is C[C@@H]1[C@@H]2C[C@@H](C/C2=N\O)C1(C)C. The topological polar surface area (TPSA) is 32.6 Å². The highest BCUT2D eigenvalue weighted by molar-refractivity contribution is 5.90. The van der Waals surface area contributed by atoms with Gasteiger partial charge in [0.1, 0.15) is 0 Å². The fraction of sp³-hybridized carbons (Fsp3) is 0.900. The van der Waals surface area contributed by atoms with Gasteiger partial charge in [-0.15, -0.1) is 0 Å². The van der Waals surface area contributed by atoms with Gasteiger partial charge in [0.05, 0.1) is 5.71 Å². The lowest BCUT2D eigenvalue weighted by molar-refractivity contribution is 0.178. The summed E-state index contributed by atoms with van der Waals surface area (Å²) in [5.74, 6) is 2.00. The fourth-order valence-corrected chi connectivity index (χ4v) is 2.99. The van der Waals surface area contributed by atoms with Crippen molar-refractivity contribution in [3.8, 4) is 0 Å². The van der Waals surface area contributed by atoms with Gasteiger partial charge in [-0.25, -0.2) is 0 Å². The zero-order chi connectivity index (χ0) is 8.93. The first kappa shape index (κ1) is 8.09. The van der Waals surface area contributed by atoms with Crippen molar-refractivity contribution in [2.24, 2.45) is 28.3 Å². The number of fused-ring (bicyclic) bond motifs is 2. The molecule has 2 saturated carbocycles. The van der Waals surface area contributed by atoms with Crippen LogP contribution in [0.25, 0.3) is 0 Å². The van der Waals surface area contributed by atoms with Gasteiger partial charge in [0.2, 0.25) is 0 Å². The minimum Gasteiger partial charge on any atom is -0.411 e. The van der Waals surface area contributed by atoms with E-state index < -0.39 is 0 Å². The molecular weight excluding hydrogens is 150 g/mol. The third-order valence-electron chi connectivity index (χ3n) is 4.38. The average molecular weight is 167 g/mol. The van der Waals surface area contributed by atoms with E-state index in [1.54, 1.807) is 0 Å². The minimum absolute atomic E-state index is 0.457. The van der Waals surface area contributed by atoms with Gasteiger partial charge in [-0.05, 0) is 30.1 Å². The summed E-state index contributed by atoms with van der Waals surface area (Å²) in [6.45, 7) is 6.97. The largest absolute Gasteiger partial charge is 0.411 e. The van der Waals surface area contributed by atoms with Crippen molar-refractivity contribution in [1.29, 1.82) is 0 Å². The van der Waals surface area contributed by atoms with Crippen molar-refractivity contribution in [2.75, 3.05) is 0 Å². The second kappa shape index (κ2) is 2.24. The Morgan fingerprint density at radius 3 is 2.58 bits per heavy atom. The number of oxime groups is 1. The van der Waals surface area contributed by atoms with Crippen molar-refractivity contribution in [3.05, 3.63) is 0 Å². The van der Waals surface area contributed by atoms with Crippen LogP contribution in [0.15, 0.2) is 5.16 Å². The monoisotopic (exact) mass is 167 g/mol. The lowest BCUT2D eigenvalue weighted by Gasteiger charge is -2.36. The third-order valence-corrected chi connectivity index (χ3v) is 4.38. The quantitative estimate of drug-likeness (QED) is 0.436. The summed E-state index contributed by atoms with van der Waals surface area (Å²) >= 11 is 0. The maximum absolute atomic E-state index is 8.76. The van der Waals surface area contributed by atoms with Crippen LogP contribution in [-0.2, 0) is 0 Å². The Kier molecular flexibility index (Phi) is 1.51. The van der Waals surface area contributed by atoms with Crippen LogP contribution in [0.1, 0.15) is 33.6 Å². The number of rotatable bonds is 0. The Balaban J connectivity index is 2.29. The molecule has 2 bridgehead atoms. The summed E-state index contributed by atoms with van der Waals surface area (Å²) < 4.78 is 0. The second-order valence-corrected chi connectivity index (χ2v) is 4.94. The molecule has 0 aromatic carbocycles. The van der Waals surface area contributed by atoms with E-state index in [1.807, 2.05) is 0 Å². The highest BCUT2D eigenvalue weighted by atomic mass is 16.4. The van der Waals surface area contributed by atoms with Crippen molar-refractivity contribution in [1.82, 2.24) is 0 Å². The predicted molar refractivity (Wildman–Crippen MR) is 48.4 cm³/mol. The summed E-state index contributed by atoms with van der Waals surface area (Å²) in [6, 6.07) is 0. The summed E-state index contributed by atoms with van der Waals surface area (Å²) in [7, 11) is 0. The van der Waals surface area contributed by atoms with Gasteiger partial charge < -0.3 is 5.21 Å². The number of hydrogen-bond acceptors (Lipinski definition) is 2. The molecule has 1 N–H and O–H groups in total. The van der Waals surface area contributed by atoms with Gasteiger partial charge in [-0.3, -0.25) is 0 Å². The Bertz CT molecular complexity index is 228. The molecule has 0 aromatic heterocycles. The molecule has 0 heterocycles. The molecular formula is C10H17NO. The molecule has 0 aromatic rings. The van der Waals surface area contributed by atoms with Gasteiger partial charge in [0.15, 0.2) is 0 Å². The molecule has 2 aliphatic rings. The van der Waals surface area contributed by atoms with E-state index >= 15 is 0 Å². The van der Waals surface area contributed by atoms with Crippen LogP contribution < -0.4 is 0 Å². The molecule has 2 rings (SSSR count). The Hall–Kier alpha value is -0.530. The first-order valence-electron chi connectivity index (χ1n) is 4.78. The van der Waals surface area contributed by atoms with Crippen LogP contribution >= 0.6 is 0 Å². The van der Waals surface area contributed by atoms with Crippen LogP contribution in [-0.4, -0.2) is 10.9 Å². The normalized spacial score (nSPS) is 47.2. The van der Waals surface area contributed by atoms with E-state index in [0.717, 1.165) is 18.1 Å². The Morgan fingerprint density at radius 2 is 2.17 bits per heavy atom. The number of nitrogens with zero attached hydrogens (tertiary/aromatic N) is 1. The summed E-state index contributed by atoms with van der Waals surface area (Å²) in [6.07, 6.45) is 2.27. The van der Waals surface area contributed by atoms with Crippen LogP contribution in [0.3, 0.4) is 0 Å². The predicted octanol–water partition coefficient (Wildman–Crippen LogP) is 2.52. The van der Waals surface area contributed by atoms with Crippen molar-refractivity contribution in [2.45, 2.75) is 33.6 Å². The van der Waals surface area contributed by atoms with Gasteiger partial charge in [-0.2, -0.15) is 0 Å². The summed E-state index contributed by atoms with van der Waals surface area (Å²) in [5.41, 5.74) is 1.51. The maximum atomic E-state index is 8.76. The molecule has 68 valence electrons. The lowest BCUT2D eigenvalue weighted by atomic mass is 9.69. The second-order valence-electron chi connectivity index (χ2n) is 4.94. The molecule has 2 nitrogen and oxygen atoms in total. The maximum Gasteiger partial charge on any atom is 0.0607 e. The molecule has 0 spiro atoms. The zero-order valence-corrected chi connectivity index (χ0v) is 8.04. The van der Waals surface area contributed by atoms with E-state index in [1.165, 1.54) is 6.42 Å². The molecule has 0 amide bonds. The van der Waals surface area contributed by atoms with Crippen LogP contribution in [0, 0.1) is 23.2 Å². The smallest absolute Gasteiger partial charge is 0.0607 e. The zero-order valence-electron chi connectivity index (χ0n) is 8.04. The lowest BCUT2D eigenvalue weighted by Crippen LogP contribution is -2.33. The first-order chi connectivity index (χ1) is 5.57. The molecule has 0 radical (unpaired) electrons. The molecule has 2 heteroatoms. The molecule has 0 saturated heterocycles. The standard InChI is InChI=1S/C10H17NO/c1-6-8-4-7(10(6,2)3)5-9(8)11-12/h6-8,12H,4-5H2,1-3H3/b11-9+/t6-,7+,8+/m1/s1. The minimum atomic E-state index is 0.457. The van der Waals surface area contributed by atoms with E-state index in [4.69, 9.17) is 5.21 Å². The molecule has 0 unspecified atom stereocenters. The molecule has 12 heavy (non-hydrogen) atoms. The van der Waals surface area contributed by atoms with Gasteiger partial charge in [-0.1, -0.05) is 25.9 Å². The van der Waals surface area contributed by atoms with E-state index in [2.05, 4.69) is 25.9 Å². The highest BCUT2D eigenvalue weighted by Gasteiger charge is 2.53. The average Bonchev–Trinajstić information content (AvgIpc) is 2.52. The van der Waals surface area contributed by atoms with Crippen molar-refractivity contribution < 1.29 is 5.21 Å². The van der Waals surface area contributed by atoms with Crippen LogP contribution in [0.2, 0.25) is 0 Å². The van der Waals surface area contributed by atoms with E-state index in [-0.39, 0.29) is 0 Å². The van der Waals surface area contributed by atoms with Crippen LogP contribution in [0.4, 0.5) is 0 Å². The highest BCUT2D eigenvalue weighted by Crippen LogP contribution is 2.57. The fourth-order valence-electron chi connectivity index (χ4n) is 2.99. The summed E-state index contributed by atoms with van der Waals surface area (Å²) in [5, 5.41) is 12.2. The Labute approximate surface area is 73.7 Å². The van der Waals surface area contributed by atoms with Crippen LogP contribution in [0.5, 0.6) is 0 Å². The number of hydrogen-bond donors (Lipinski definition) is 1. The van der Waals surface area contributed by atoms with Gasteiger partial charge in [0, 0.05) is 5.92 Å². The van der Waals surface area contributed by atoms with E-state index in [9.17, 15) is 0 Å². The van der Waals surface area contributed by atoms with Gasteiger partial charge >= 0.3 is 0 Å². The third kappa shape index (κ3) is 0.782. The Morgan fingerprint density at radius 1 is 1.50 bits per heavy atom. The van der Waals surface area contributed by atoms with Crippen molar-refractivity contribution in [3.63, 3.8) is 0 Å². The first-order valence-corrected chi connectivity index (χ1v) is 4.78. The van der Waals surface area contributed by atoms with Gasteiger partial charge in [0.25, 0.3) is 0 Å². The molecule has 2 aliphatic carbocycles. The van der Waals surface area contributed by atoms with E-state index in [0.29, 0.717) is 17.3 Å². The molecule has 0 aliphatic heterocycles. The molecule has 2 fully saturated rings. The van der Waals surface area contributed by atoms with Crippen molar-refractivity contribution >= 4 is 5.71 Å². The summed E-state index contributed by atoms with van der Waals surface area (Å²) in [4.78, 5) is 0. The molecule has 3 atom stereocenters.